The van der Waals surface area contributed by atoms with Crippen LogP contribution in [0.1, 0.15) is 15.9 Å². The molecule has 1 unspecified atom stereocenters. The van der Waals surface area contributed by atoms with Crippen LogP contribution >= 0.6 is 0 Å². The lowest BCUT2D eigenvalue weighted by atomic mass is 10.1. The number of hydrogen-bond donors (Lipinski definition) is 3. The maximum atomic E-state index is 12.4. The van der Waals surface area contributed by atoms with Gasteiger partial charge in [-0.15, -0.1) is 0 Å². The summed E-state index contributed by atoms with van der Waals surface area (Å²) < 4.78 is 9.83. The molecule has 2 aromatic carbocycles. The highest BCUT2D eigenvalue weighted by Gasteiger charge is 2.16. The average Bonchev–Trinajstić information content (AvgIpc) is 2.68. The van der Waals surface area contributed by atoms with E-state index in [1.165, 1.54) is 7.11 Å². The van der Waals surface area contributed by atoms with Crippen LogP contribution < -0.4 is 20.3 Å². The highest BCUT2D eigenvalue weighted by Crippen LogP contribution is 2.17. The molecule has 2 amide bonds. The number of nitrogens with one attached hydrogen (secondary N) is 3. The second kappa shape index (κ2) is 10.2. The molecular formula is C21H26N3O5+. The van der Waals surface area contributed by atoms with E-state index in [1.54, 1.807) is 56.6 Å². The third kappa shape index (κ3) is 6.62. The van der Waals surface area contributed by atoms with E-state index >= 15 is 0 Å². The molecule has 0 saturated carbocycles. The fraction of sp³-hybridized carbons (Fsp3) is 0.286. The Labute approximate surface area is 169 Å². The number of amides is 2. The summed E-state index contributed by atoms with van der Waals surface area (Å²) in [5, 5.41) is 5.57. The van der Waals surface area contributed by atoms with Crippen LogP contribution in [-0.2, 0) is 14.3 Å². The molecule has 1 atom stereocenters. The lowest BCUT2D eigenvalue weighted by Gasteiger charge is -2.15. The van der Waals surface area contributed by atoms with Gasteiger partial charge < -0.3 is 25.0 Å². The first-order chi connectivity index (χ1) is 13.8. The number of carbonyl (C=O) groups excluding carboxylic acids is 3. The second-order valence-corrected chi connectivity index (χ2v) is 6.66. The molecule has 2 aromatic rings. The van der Waals surface area contributed by atoms with E-state index in [1.807, 2.05) is 6.92 Å². The topological polar surface area (TPSA) is 98.2 Å². The molecule has 8 nitrogen and oxygen atoms in total. The molecule has 154 valence electrons. The molecule has 0 aliphatic carbocycles. The summed E-state index contributed by atoms with van der Waals surface area (Å²) in [7, 11) is 4.61. The lowest BCUT2D eigenvalue weighted by Crippen LogP contribution is -3.11. The average molecular weight is 400 g/mol. The van der Waals surface area contributed by atoms with Gasteiger partial charge in [-0.05, 0) is 36.8 Å². The van der Waals surface area contributed by atoms with Crippen LogP contribution in [0.5, 0.6) is 5.75 Å². The van der Waals surface area contributed by atoms with Crippen molar-refractivity contribution < 1.29 is 28.8 Å². The van der Waals surface area contributed by atoms with Gasteiger partial charge >= 0.3 is 5.97 Å². The molecule has 8 heteroatoms. The van der Waals surface area contributed by atoms with Gasteiger partial charge in [0.2, 0.25) is 0 Å². The summed E-state index contributed by atoms with van der Waals surface area (Å²) in [4.78, 5) is 36.9. The first-order valence-electron chi connectivity index (χ1n) is 9.06. The molecule has 0 radical (unpaired) electrons. The molecule has 29 heavy (non-hydrogen) atoms. The van der Waals surface area contributed by atoms with Crippen LogP contribution in [0.3, 0.4) is 0 Å². The summed E-state index contributed by atoms with van der Waals surface area (Å²) in [6.45, 7) is 2.04. The quantitative estimate of drug-likeness (QED) is 0.572. The summed E-state index contributed by atoms with van der Waals surface area (Å²) in [6, 6.07) is 12.0. The van der Waals surface area contributed by atoms with Gasteiger partial charge in [0.1, 0.15) is 5.75 Å². The molecule has 0 aliphatic rings. The third-order valence-electron chi connectivity index (χ3n) is 4.21. The summed E-state index contributed by atoms with van der Waals surface area (Å²) >= 11 is 0. The lowest BCUT2D eigenvalue weighted by molar-refractivity contribution is -0.862. The van der Waals surface area contributed by atoms with Gasteiger partial charge in [-0.1, -0.05) is 12.1 Å². The summed E-state index contributed by atoms with van der Waals surface area (Å²) in [5.41, 5.74) is 2.33. The van der Waals surface area contributed by atoms with E-state index in [4.69, 9.17) is 9.47 Å². The fourth-order valence-corrected chi connectivity index (χ4v) is 2.71. The zero-order chi connectivity index (χ0) is 21.4. The first-order valence-corrected chi connectivity index (χ1v) is 9.06. The maximum Gasteiger partial charge on any atom is 0.337 e. The number of methoxy groups -OCH3 is 2. The van der Waals surface area contributed by atoms with Crippen molar-refractivity contribution in [1.29, 1.82) is 0 Å². The highest BCUT2D eigenvalue weighted by atomic mass is 16.5. The number of hydrogen-bond acceptors (Lipinski definition) is 5. The number of esters is 1. The minimum atomic E-state index is -0.475. The normalized spacial score (nSPS) is 11.3. The number of aryl methyl sites for hydroxylation is 1. The van der Waals surface area contributed by atoms with Crippen molar-refractivity contribution in [1.82, 2.24) is 0 Å². The minimum absolute atomic E-state index is 0.0907. The van der Waals surface area contributed by atoms with Crippen LogP contribution in [0.25, 0.3) is 0 Å². The molecule has 3 N–H and O–H groups in total. The van der Waals surface area contributed by atoms with Gasteiger partial charge in [-0.3, -0.25) is 9.59 Å². The van der Waals surface area contributed by atoms with Crippen molar-refractivity contribution in [3.63, 3.8) is 0 Å². The van der Waals surface area contributed by atoms with Crippen molar-refractivity contribution in [2.75, 3.05) is 45.0 Å². The molecule has 0 heterocycles. The van der Waals surface area contributed by atoms with Crippen LogP contribution in [0, 0.1) is 6.92 Å². The number of carbonyl (C=O) groups is 3. The van der Waals surface area contributed by atoms with E-state index in [0.29, 0.717) is 27.6 Å². The van der Waals surface area contributed by atoms with Gasteiger partial charge in [0, 0.05) is 17.4 Å². The van der Waals surface area contributed by atoms with Crippen molar-refractivity contribution in [2.24, 2.45) is 0 Å². The smallest absolute Gasteiger partial charge is 0.337 e. The SMILES string of the molecule is COC(=O)c1ccc(C)c(NC(=O)C[NH+](C)CC(=O)Nc2cccc(OC)c2)c1. The van der Waals surface area contributed by atoms with Gasteiger partial charge in [-0.25, -0.2) is 4.79 Å². The van der Waals surface area contributed by atoms with Gasteiger partial charge in [-0.2, -0.15) is 0 Å². The van der Waals surface area contributed by atoms with E-state index in [-0.39, 0.29) is 24.9 Å². The highest BCUT2D eigenvalue weighted by molar-refractivity contribution is 5.96. The number of ether oxygens (including phenoxy) is 2. The Morgan fingerprint density at radius 3 is 2.31 bits per heavy atom. The molecule has 0 aromatic heterocycles. The fourth-order valence-electron chi connectivity index (χ4n) is 2.71. The van der Waals surface area contributed by atoms with Gasteiger partial charge in [0.15, 0.2) is 13.1 Å². The van der Waals surface area contributed by atoms with E-state index < -0.39 is 5.97 Å². The van der Waals surface area contributed by atoms with Crippen LogP contribution in [0.2, 0.25) is 0 Å². The standard InChI is InChI=1S/C21H25N3O5/c1-14-8-9-15(21(27)29-4)10-18(14)23-20(26)13-24(2)12-19(25)22-16-6-5-7-17(11-16)28-3/h5-11H,12-13H2,1-4H3,(H,22,25)(H,23,26)/p+1. The summed E-state index contributed by atoms with van der Waals surface area (Å²) in [6.07, 6.45) is 0. The number of quaternary nitrogens is 1. The Bertz CT molecular complexity index is 898. The molecule has 2 rings (SSSR count). The van der Waals surface area contributed by atoms with Gasteiger partial charge in [0.05, 0.1) is 26.8 Å². The van der Waals surface area contributed by atoms with Crippen LogP contribution in [-0.4, -0.2) is 52.1 Å². The van der Waals surface area contributed by atoms with Crippen molar-refractivity contribution in [2.45, 2.75) is 6.92 Å². The van der Waals surface area contributed by atoms with Crippen LogP contribution in [0.15, 0.2) is 42.5 Å². The Hall–Kier alpha value is -3.39. The summed E-state index contributed by atoms with van der Waals surface area (Å²) in [5.74, 6) is -0.306. The maximum absolute atomic E-state index is 12.4. The minimum Gasteiger partial charge on any atom is -0.497 e. The Kier molecular flexibility index (Phi) is 7.73. The predicted molar refractivity (Wildman–Crippen MR) is 109 cm³/mol. The molecule has 0 fully saturated rings. The molecule has 0 bridgehead atoms. The third-order valence-corrected chi connectivity index (χ3v) is 4.21. The molecule has 0 spiro atoms. The Morgan fingerprint density at radius 1 is 0.966 bits per heavy atom. The number of anilines is 2. The largest absolute Gasteiger partial charge is 0.497 e. The molecule has 0 aliphatic heterocycles. The Morgan fingerprint density at radius 2 is 1.66 bits per heavy atom. The van der Waals surface area contributed by atoms with Crippen molar-refractivity contribution in [3.8, 4) is 5.75 Å². The first kappa shape index (κ1) is 21.9. The number of likely N-dealkylation sites (N-methyl/N-ethyl adjacent to an activating group) is 1. The Balaban J connectivity index is 1.90. The number of rotatable bonds is 8. The van der Waals surface area contributed by atoms with E-state index in [0.717, 1.165) is 5.56 Å². The predicted octanol–water partition coefficient (Wildman–Crippen LogP) is 0.882. The molecule has 0 saturated heterocycles. The monoisotopic (exact) mass is 400 g/mol. The van der Waals surface area contributed by atoms with Gasteiger partial charge in [0.25, 0.3) is 11.8 Å². The van der Waals surface area contributed by atoms with Crippen LogP contribution in [0.4, 0.5) is 11.4 Å². The zero-order valence-corrected chi connectivity index (χ0v) is 17.0. The second-order valence-electron chi connectivity index (χ2n) is 6.66. The molecular weight excluding hydrogens is 374 g/mol. The van der Waals surface area contributed by atoms with Crippen molar-refractivity contribution in [3.05, 3.63) is 53.6 Å². The zero-order valence-electron chi connectivity index (χ0n) is 17.0. The van der Waals surface area contributed by atoms with Crippen molar-refractivity contribution >= 4 is 29.2 Å². The van der Waals surface area contributed by atoms with E-state index in [2.05, 4.69) is 10.6 Å². The van der Waals surface area contributed by atoms with E-state index in [9.17, 15) is 14.4 Å². The number of benzene rings is 2.